The van der Waals surface area contributed by atoms with Gasteiger partial charge in [0, 0.05) is 31.3 Å². The third-order valence-corrected chi connectivity index (χ3v) is 4.18. The van der Waals surface area contributed by atoms with Crippen molar-refractivity contribution < 1.29 is 19.7 Å². The van der Waals surface area contributed by atoms with Crippen LogP contribution in [0.3, 0.4) is 0 Å². The Kier molecular flexibility index (Phi) is 6.97. The third kappa shape index (κ3) is 5.30. The van der Waals surface area contributed by atoms with Crippen LogP contribution in [0.5, 0.6) is 5.75 Å². The molecule has 0 aliphatic heterocycles. The summed E-state index contributed by atoms with van der Waals surface area (Å²) in [6, 6.07) is 5.18. The Balaban J connectivity index is 2.07. The summed E-state index contributed by atoms with van der Waals surface area (Å²) in [4.78, 5) is 15.6. The lowest BCUT2D eigenvalue weighted by atomic mass is 9.85. The van der Waals surface area contributed by atoms with Crippen molar-refractivity contribution in [2.24, 2.45) is 10.9 Å². The highest BCUT2D eigenvalue weighted by atomic mass is 16.6. The van der Waals surface area contributed by atoms with Crippen molar-refractivity contribution in [3.8, 4) is 5.75 Å². The van der Waals surface area contributed by atoms with Crippen molar-refractivity contribution in [1.29, 1.82) is 0 Å². The Morgan fingerprint density at radius 1 is 1.48 bits per heavy atom. The minimum Gasteiger partial charge on any atom is -0.483 e. The van der Waals surface area contributed by atoms with Gasteiger partial charge in [-0.05, 0) is 37.8 Å². The van der Waals surface area contributed by atoms with Crippen LogP contribution in [0.15, 0.2) is 35.5 Å². The van der Waals surface area contributed by atoms with Gasteiger partial charge in [0.25, 0.3) is 0 Å². The molecule has 1 aromatic carbocycles. The molecule has 2 rings (SSSR count). The highest BCUT2D eigenvalue weighted by molar-refractivity contribution is 5.93. The summed E-state index contributed by atoms with van der Waals surface area (Å²) in [6.45, 7) is 3.32. The molecule has 1 aromatic rings. The highest BCUT2D eigenvalue weighted by Crippen LogP contribution is 2.31. The quantitative estimate of drug-likeness (QED) is 0.405. The van der Waals surface area contributed by atoms with Gasteiger partial charge in [-0.1, -0.05) is 12.5 Å². The van der Waals surface area contributed by atoms with Crippen LogP contribution in [-0.2, 0) is 4.79 Å². The second-order valence-corrected chi connectivity index (χ2v) is 5.95. The van der Waals surface area contributed by atoms with Crippen molar-refractivity contribution in [3.63, 3.8) is 0 Å². The average Bonchev–Trinajstić information content (AvgIpc) is 2.53. The fourth-order valence-corrected chi connectivity index (χ4v) is 2.48. The maximum atomic E-state index is 12.0. The smallest absolute Gasteiger partial charge is 0.227 e. The first-order valence-corrected chi connectivity index (χ1v) is 8.31. The molecule has 1 fully saturated rings. The molecule has 1 amide bonds. The number of aliphatic imine (C=N–C) groups is 1. The van der Waals surface area contributed by atoms with E-state index in [0.717, 1.165) is 19.3 Å². The van der Waals surface area contributed by atoms with Crippen molar-refractivity contribution in [2.45, 2.75) is 38.1 Å². The van der Waals surface area contributed by atoms with Gasteiger partial charge in [-0.3, -0.25) is 9.79 Å². The molecule has 0 heterocycles. The van der Waals surface area contributed by atoms with E-state index in [2.05, 4.69) is 22.3 Å². The lowest BCUT2D eigenvalue weighted by molar-refractivity contribution is -0.122. The van der Waals surface area contributed by atoms with Crippen molar-refractivity contribution in [1.82, 2.24) is 0 Å². The molecule has 7 nitrogen and oxygen atoms in total. The Bertz CT molecular complexity index is 627. The first-order valence-electron chi connectivity index (χ1n) is 8.31. The molecule has 0 bridgehead atoms. The molecule has 136 valence electrons. The lowest BCUT2D eigenvalue weighted by Crippen LogP contribution is -2.31. The number of aliphatic hydroxyl groups excluding tert-OH is 1. The number of carbonyl (C=O) groups excluding carboxylic acids is 1. The van der Waals surface area contributed by atoms with E-state index < -0.39 is 12.4 Å². The maximum Gasteiger partial charge on any atom is 0.227 e. The fourth-order valence-electron chi connectivity index (χ4n) is 2.48. The van der Waals surface area contributed by atoms with Gasteiger partial charge in [-0.2, -0.15) is 0 Å². The molecule has 0 aromatic heterocycles. The number of benzene rings is 1. The van der Waals surface area contributed by atoms with Gasteiger partial charge in [-0.25, -0.2) is 0 Å². The monoisotopic (exact) mass is 347 g/mol. The molecule has 0 radical (unpaired) electrons. The summed E-state index contributed by atoms with van der Waals surface area (Å²) in [6.07, 6.45) is 3.87. The molecule has 1 aliphatic carbocycles. The number of hydrogen-bond acceptors (Lipinski definition) is 6. The van der Waals surface area contributed by atoms with Gasteiger partial charge in [0.05, 0.1) is 5.69 Å². The van der Waals surface area contributed by atoms with E-state index in [1.807, 2.05) is 0 Å². The predicted octanol–water partition coefficient (Wildman–Crippen LogP) is 2.13. The van der Waals surface area contributed by atoms with Gasteiger partial charge in [0.1, 0.15) is 5.75 Å². The van der Waals surface area contributed by atoms with Gasteiger partial charge < -0.3 is 25.6 Å². The molecule has 1 atom stereocenters. The summed E-state index contributed by atoms with van der Waals surface area (Å²) in [5.74, 6) is 0.600. The van der Waals surface area contributed by atoms with E-state index in [0.29, 0.717) is 17.1 Å². The Labute approximate surface area is 147 Å². The van der Waals surface area contributed by atoms with Crippen molar-refractivity contribution in [3.05, 3.63) is 30.5 Å². The molecule has 0 spiro atoms. The second-order valence-electron chi connectivity index (χ2n) is 5.95. The zero-order valence-electron chi connectivity index (χ0n) is 14.3. The average molecular weight is 347 g/mol. The topological polar surface area (TPSA) is 103 Å². The summed E-state index contributed by atoms with van der Waals surface area (Å²) < 4.78 is 5.70. The number of rotatable bonds is 9. The molecule has 1 unspecified atom stereocenters. The van der Waals surface area contributed by atoms with Gasteiger partial charge in [-0.15, -0.1) is 0 Å². The van der Waals surface area contributed by atoms with Crippen LogP contribution in [0.1, 0.15) is 25.7 Å². The normalized spacial score (nSPS) is 15.7. The molecule has 0 saturated heterocycles. The zero-order valence-corrected chi connectivity index (χ0v) is 14.3. The number of carbonyl (C=O) groups is 1. The molecule has 4 N–H and O–H groups in total. The van der Waals surface area contributed by atoms with Gasteiger partial charge in [0.15, 0.2) is 12.4 Å². The standard InChI is InChI=1S/C18H25N3O4/c1-19-10-4-7-16(18(23)24)25-15-9-8-13(11-14(15)20-2)21-17(22)12-5-3-6-12/h4,8-12,16,18,20,23-24H,1,3,5-7H2,2H3,(H,21,22)/b10-4-. The van der Waals surface area contributed by atoms with Crippen LogP contribution in [0.4, 0.5) is 11.4 Å². The summed E-state index contributed by atoms with van der Waals surface area (Å²) in [7, 11) is 1.73. The third-order valence-electron chi connectivity index (χ3n) is 4.18. The Morgan fingerprint density at radius 2 is 2.24 bits per heavy atom. The fraction of sp³-hybridized carbons (Fsp3) is 0.444. The number of hydrogen-bond donors (Lipinski definition) is 4. The van der Waals surface area contributed by atoms with E-state index in [1.165, 1.54) is 6.20 Å². The minimum absolute atomic E-state index is 0.0349. The van der Waals surface area contributed by atoms with E-state index in [9.17, 15) is 15.0 Å². The van der Waals surface area contributed by atoms with E-state index in [1.54, 1.807) is 31.3 Å². The van der Waals surface area contributed by atoms with Crippen molar-refractivity contribution in [2.75, 3.05) is 17.7 Å². The molecule has 25 heavy (non-hydrogen) atoms. The van der Waals surface area contributed by atoms with E-state index in [4.69, 9.17) is 4.74 Å². The largest absolute Gasteiger partial charge is 0.483 e. The van der Waals surface area contributed by atoms with Crippen LogP contribution in [-0.4, -0.2) is 42.3 Å². The van der Waals surface area contributed by atoms with Crippen LogP contribution in [0.2, 0.25) is 0 Å². The number of nitrogens with one attached hydrogen (secondary N) is 2. The zero-order chi connectivity index (χ0) is 18.2. The lowest BCUT2D eigenvalue weighted by Gasteiger charge is -2.25. The molecular formula is C18H25N3O4. The van der Waals surface area contributed by atoms with Crippen LogP contribution < -0.4 is 15.4 Å². The first kappa shape index (κ1) is 19.0. The Morgan fingerprint density at radius 3 is 2.80 bits per heavy atom. The van der Waals surface area contributed by atoms with Crippen LogP contribution >= 0.6 is 0 Å². The predicted molar refractivity (Wildman–Crippen MR) is 97.9 cm³/mol. The van der Waals surface area contributed by atoms with E-state index in [-0.39, 0.29) is 18.2 Å². The molecule has 1 aliphatic rings. The summed E-state index contributed by atoms with van der Waals surface area (Å²) >= 11 is 0. The van der Waals surface area contributed by atoms with Crippen LogP contribution in [0, 0.1) is 5.92 Å². The Hall–Kier alpha value is -2.38. The number of anilines is 2. The number of aliphatic hydroxyl groups is 2. The summed E-state index contributed by atoms with van der Waals surface area (Å²) in [5, 5.41) is 24.8. The maximum absolute atomic E-state index is 12.0. The number of ether oxygens (including phenoxy) is 1. The molecular weight excluding hydrogens is 322 g/mol. The number of nitrogens with zero attached hydrogens (tertiary/aromatic N) is 1. The molecule has 1 saturated carbocycles. The van der Waals surface area contributed by atoms with Gasteiger partial charge >= 0.3 is 0 Å². The first-order chi connectivity index (χ1) is 12.0. The molecule has 7 heteroatoms. The van der Waals surface area contributed by atoms with Gasteiger partial charge in [0.2, 0.25) is 5.91 Å². The highest BCUT2D eigenvalue weighted by Gasteiger charge is 2.25. The summed E-state index contributed by atoms with van der Waals surface area (Å²) in [5.41, 5.74) is 1.31. The minimum atomic E-state index is -1.64. The van der Waals surface area contributed by atoms with E-state index >= 15 is 0 Å². The number of amides is 1. The second kappa shape index (κ2) is 9.19. The van der Waals surface area contributed by atoms with Crippen LogP contribution in [0.25, 0.3) is 0 Å². The van der Waals surface area contributed by atoms with Crippen molar-refractivity contribution >= 4 is 24.0 Å². The SMILES string of the molecule is C=N/C=C\CC(Oc1ccc(NC(=O)C2CCC2)cc1NC)C(O)O.